The number of carbonyl (C=O) groups is 1. The van der Waals surface area contributed by atoms with Gasteiger partial charge in [-0.1, -0.05) is 49.7 Å². The number of nitrogens with zero attached hydrogens (tertiary/aromatic N) is 1. The summed E-state index contributed by atoms with van der Waals surface area (Å²) in [6.45, 7) is 6.40. The Morgan fingerprint density at radius 2 is 1.76 bits per heavy atom. The van der Waals surface area contributed by atoms with Crippen LogP contribution < -0.4 is 5.32 Å². The van der Waals surface area contributed by atoms with Crippen molar-refractivity contribution < 1.29 is 13.2 Å². The zero-order chi connectivity index (χ0) is 21.2. The third-order valence-electron chi connectivity index (χ3n) is 5.63. The molecule has 7 heteroatoms. The molecular weight excluding hydrogens is 408 g/mol. The van der Waals surface area contributed by atoms with E-state index in [0.717, 1.165) is 24.0 Å². The van der Waals surface area contributed by atoms with Crippen LogP contribution in [0.2, 0.25) is 5.02 Å². The van der Waals surface area contributed by atoms with Crippen LogP contribution in [-0.4, -0.2) is 31.7 Å². The average molecular weight is 435 g/mol. The summed E-state index contributed by atoms with van der Waals surface area (Å²) in [5.74, 6) is -0.0212. The van der Waals surface area contributed by atoms with Gasteiger partial charge in [0.25, 0.3) is 0 Å². The molecule has 0 radical (unpaired) electrons. The first-order chi connectivity index (χ1) is 13.7. The van der Waals surface area contributed by atoms with Crippen molar-refractivity contribution in [2.75, 3.05) is 13.1 Å². The quantitative estimate of drug-likeness (QED) is 0.674. The molecule has 0 spiro atoms. The summed E-state index contributed by atoms with van der Waals surface area (Å²) in [6, 6.07) is 14.0. The molecule has 156 valence electrons. The van der Waals surface area contributed by atoms with Crippen LogP contribution in [0.1, 0.15) is 50.8 Å². The Morgan fingerprint density at radius 3 is 2.28 bits per heavy atom. The molecule has 0 heterocycles. The van der Waals surface area contributed by atoms with E-state index in [1.165, 1.54) is 4.31 Å². The highest BCUT2D eigenvalue weighted by molar-refractivity contribution is 7.89. The van der Waals surface area contributed by atoms with Crippen molar-refractivity contribution in [3.05, 3.63) is 64.7 Å². The van der Waals surface area contributed by atoms with E-state index in [1.54, 1.807) is 30.3 Å². The molecule has 2 aromatic carbocycles. The van der Waals surface area contributed by atoms with Crippen molar-refractivity contribution in [2.24, 2.45) is 0 Å². The predicted octanol–water partition coefficient (Wildman–Crippen LogP) is 4.28. The minimum absolute atomic E-state index is 0.0212. The SMILES string of the molecule is CCN(CC)S(=O)(=O)c1ccc(C(C)NC(=O)C2(c3cccc(Cl)c3)CC2)cc1. The second-order valence-corrected chi connectivity index (χ2v) is 9.82. The van der Waals surface area contributed by atoms with Gasteiger partial charge in [-0.15, -0.1) is 0 Å². The zero-order valence-electron chi connectivity index (χ0n) is 17.0. The Labute approximate surface area is 178 Å². The normalized spacial score (nSPS) is 16.4. The van der Waals surface area contributed by atoms with Gasteiger partial charge < -0.3 is 5.32 Å². The second-order valence-electron chi connectivity index (χ2n) is 7.45. The lowest BCUT2D eigenvalue weighted by atomic mass is 9.94. The minimum atomic E-state index is -3.49. The van der Waals surface area contributed by atoms with Crippen LogP contribution in [0.5, 0.6) is 0 Å². The first-order valence-electron chi connectivity index (χ1n) is 9.91. The van der Waals surface area contributed by atoms with Crippen LogP contribution in [0.4, 0.5) is 0 Å². The smallest absolute Gasteiger partial charge is 0.243 e. The number of hydrogen-bond donors (Lipinski definition) is 1. The van der Waals surface area contributed by atoms with Crippen LogP contribution in [0.15, 0.2) is 53.4 Å². The van der Waals surface area contributed by atoms with Crippen LogP contribution in [0.3, 0.4) is 0 Å². The number of amides is 1. The van der Waals surface area contributed by atoms with E-state index in [4.69, 9.17) is 11.6 Å². The van der Waals surface area contributed by atoms with Crippen molar-refractivity contribution in [1.82, 2.24) is 9.62 Å². The lowest BCUT2D eigenvalue weighted by Gasteiger charge is -2.21. The van der Waals surface area contributed by atoms with Crippen molar-refractivity contribution in [3.63, 3.8) is 0 Å². The standard InChI is InChI=1S/C22H27ClN2O3S/c1-4-25(5-2)29(27,28)20-11-9-17(10-12-20)16(3)24-21(26)22(13-14-22)18-7-6-8-19(23)15-18/h6-12,15-16H,4-5,13-14H2,1-3H3,(H,24,26). The molecule has 5 nitrogen and oxygen atoms in total. The summed E-state index contributed by atoms with van der Waals surface area (Å²) in [4.78, 5) is 13.2. The van der Waals surface area contributed by atoms with Crippen LogP contribution in [0, 0.1) is 0 Å². The topological polar surface area (TPSA) is 66.5 Å². The fourth-order valence-corrected chi connectivity index (χ4v) is 5.27. The van der Waals surface area contributed by atoms with Gasteiger partial charge >= 0.3 is 0 Å². The van der Waals surface area contributed by atoms with Crippen LogP contribution in [0.25, 0.3) is 0 Å². The van der Waals surface area contributed by atoms with Gasteiger partial charge in [-0.2, -0.15) is 4.31 Å². The molecule has 1 N–H and O–H groups in total. The van der Waals surface area contributed by atoms with E-state index >= 15 is 0 Å². The molecule has 0 bridgehead atoms. The fraction of sp³-hybridized carbons (Fsp3) is 0.409. The maximum Gasteiger partial charge on any atom is 0.243 e. The van der Waals surface area contributed by atoms with Crippen LogP contribution >= 0.6 is 11.6 Å². The Kier molecular flexibility index (Phi) is 6.36. The minimum Gasteiger partial charge on any atom is -0.349 e. The molecule has 1 amide bonds. The number of halogens is 1. The maximum absolute atomic E-state index is 13.0. The second kappa shape index (κ2) is 8.46. The molecule has 0 aromatic heterocycles. The molecule has 29 heavy (non-hydrogen) atoms. The molecule has 0 aliphatic heterocycles. The van der Waals surface area contributed by atoms with E-state index in [1.807, 2.05) is 39.0 Å². The molecule has 3 rings (SSSR count). The van der Waals surface area contributed by atoms with E-state index in [-0.39, 0.29) is 16.8 Å². The van der Waals surface area contributed by atoms with E-state index in [2.05, 4.69) is 5.32 Å². The summed E-state index contributed by atoms with van der Waals surface area (Å²) in [7, 11) is -3.49. The monoisotopic (exact) mass is 434 g/mol. The van der Waals surface area contributed by atoms with Gasteiger partial charge in [0.2, 0.25) is 15.9 Å². The van der Waals surface area contributed by atoms with Gasteiger partial charge in [0.05, 0.1) is 16.4 Å². The highest BCUT2D eigenvalue weighted by Gasteiger charge is 2.51. The molecule has 1 fully saturated rings. The largest absolute Gasteiger partial charge is 0.349 e. The summed E-state index contributed by atoms with van der Waals surface area (Å²) in [6.07, 6.45) is 1.60. The van der Waals surface area contributed by atoms with Gasteiger partial charge in [0.1, 0.15) is 0 Å². The van der Waals surface area contributed by atoms with Gasteiger partial charge in [0, 0.05) is 18.1 Å². The molecule has 1 unspecified atom stereocenters. The Bertz CT molecular complexity index is 981. The summed E-state index contributed by atoms with van der Waals surface area (Å²) in [5, 5.41) is 3.70. The molecule has 1 aliphatic carbocycles. The number of sulfonamides is 1. The molecule has 1 atom stereocenters. The van der Waals surface area contributed by atoms with Crippen LogP contribution in [-0.2, 0) is 20.2 Å². The Balaban J connectivity index is 1.73. The third kappa shape index (κ3) is 4.34. The summed E-state index contributed by atoms with van der Waals surface area (Å²) in [5.41, 5.74) is 1.29. The highest BCUT2D eigenvalue weighted by Crippen LogP contribution is 2.49. The van der Waals surface area contributed by atoms with Crippen molar-refractivity contribution >= 4 is 27.5 Å². The highest BCUT2D eigenvalue weighted by atomic mass is 35.5. The average Bonchev–Trinajstić information content (AvgIpc) is 3.51. The lowest BCUT2D eigenvalue weighted by molar-refractivity contribution is -0.124. The third-order valence-corrected chi connectivity index (χ3v) is 7.93. The predicted molar refractivity (Wildman–Crippen MR) is 115 cm³/mol. The first-order valence-corrected chi connectivity index (χ1v) is 11.7. The first kappa shape index (κ1) is 21.8. The molecule has 2 aromatic rings. The summed E-state index contributed by atoms with van der Waals surface area (Å²) < 4.78 is 26.7. The van der Waals surface area contributed by atoms with Gasteiger partial charge in [-0.3, -0.25) is 4.79 Å². The molecule has 1 saturated carbocycles. The van der Waals surface area contributed by atoms with Crippen molar-refractivity contribution in [2.45, 2.75) is 50.0 Å². The molecular formula is C22H27ClN2O3S. The van der Waals surface area contributed by atoms with E-state index in [9.17, 15) is 13.2 Å². The maximum atomic E-state index is 13.0. The zero-order valence-corrected chi connectivity index (χ0v) is 18.6. The van der Waals surface area contributed by atoms with E-state index in [0.29, 0.717) is 18.1 Å². The number of hydrogen-bond acceptors (Lipinski definition) is 3. The molecule has 1 aliphatic rings. The summed E-state index contributed by atoms with van der Waals surface area (Å²) >= 11 is 6.10. The van der Waals surface area contributed by atoms with Gasteiger partial charge in [0.15, 0.2) is 0 Å². The Hall–Kier alpha value is -1.89. The van der Waals surface area contributed by atoms with E-state index < -0.39 is 15.4 Å². The fourth-order valence-electron chi connectivity index (χ4n) is 3.62. The molecule has 0 saturated heterocycles. The Morgan fingerprint density at radius 1 is 1.14 bits per heavy atom. The van der Waals surface area contributed by atoms with Gasteiger partial charge in [-0.25, -0.2) is 8.42 Å². The number of nitrogens with one attached hydrogen (secondary N) is 1. The number of carbonyl (C=O) groups excluding carboxylic acids is 1. The number of rotatable bonds is 8. The number of benzene rings is 2. The lowest BCUT2D eigenvalue weighted by Crippen LogP contribution is -2.36. The van der Waals surface area contributed by atoms with Crippen molar-refractivity contribution in [3.8, 4) is 0 Å². The van der Waals surface area contributed by atoms with Crippen molar-refractivity contribution in [1.29, 1.82) is 0 Å². The van der Waals surface area contributed by atoms with Gasteiger partial charge in [-0.05, 0) is 55.2 Å².